The fourth-order valence-electron chi connectivity index (χ4n) is 6.25. The molecular weight excluding hydrogens is 512 g/mol. The number of hydrogen-bond acceptors (Lipinski definition) is 8. The molecular formula is C29H32N6O3S. The van der Waals surface area contributed by atoms with Gasteiger partial charge in [0.25, 0.3) is 0 Å². The SMILES string of the molecule is N#Cc1ccc(OC(C2CCCNC2)S(=O)(=O)CC2CCC(c3[nH]ncc4cnc5nccc5c34)CC2)cc1. The molecule has 0 radical (unpaired) electrons. The standard InChI is InChI=1S/C29H32N6O3S/c30-14-19-5-9-24(10-6-19)38-29(22-2-1-12-31-15-22)39(36,37)18-20-3-7-21(8-4-20)27-26-23(17-34-35-27)16-33-28-25(26)11-13-32-28/h5-6,9-11,13,16-17,20-22,29,31,35H,1-4,7-8,12,15,18H2. The third-order valence-electron chi connectivity index (χ3n) is 8.25. The molecule has 4 aromatic rings. The summed E-state index contributed by atoms with van der Waals surface area (Å²) < 4.78 is 33.8. The third kappa shape index (κ3) is 5.34. The van der Waals surface area contributed by atoms with Gasteiger partial charge >= 0.3 is 0 Å². The Kier molecular flexibility index (Phi) is 7.19. The molecule has 2 fully saturated rings. The summed E-state index contributed by atoms with van der Waals surface area (Å²) in [5.41, 5.74) is 1.43. The quantitative estimate of drug-likeness (QED) is 0.348. The summed E-state index contributed by atoms with van der Waals surface area (Å²) in [6, 6.07) is 10.8. The van der Waals surface area contributed by atoms with Crippen LogP contribution in [0.25, 0.3) is 21.8 Å². The predicted molar refractivity (Wildman–Crippen MR) is 149 cm³/mol. The molecule has 2 atom stereocenters. The maximum Gasteiger partial charge on any atom is 0.203 e. The van der Waals surface area contributed by atoms with Crippen LogP contribution in [-0.4, -0.2) is 52.9 Å². The number of H-pyrrole nitrogens is 1. The molecule has 1 aliphatic carbocycles. The monoisotopic (exact) mass is 544 g/mol. The van der Waals surface area contributed by atoms with Crippen LogP contribution < -0.4 is 10.1 Å². The molecule has 0 amide bonds. The second-order valence-electron chi connectivity index (χ2n) is 10.8. The summed E-state index contributed by atoms with van der Waals surface area (Å²) in [4.78, 5) is 8.80. The highest BCUT2D eigenvalue weighted by Gasteiger charge is 2.38. The van der Waals surface area contributed by atoms with E-state index in [-0.39, 0.29) is 23.5 Å². The summed E-state index contributed by atoms with van der Waals surface area (Å²) in [6.45, 7) is 1.52. The normalized spacial score (nSPS) is 22.9. The number of sulfone groups is 1. The van der Waals surface area contributed by atoms with E-state index in [2.05, 4.69) is 31.6 Å². The van der Waals surface area contributed by atoms with Crippen LogP contribution in [0.15, 0.2) is 48.9 Å². The number of nitrogens with zero attached hydrogens (tertiary/aromatic N) is 4. The zero-order chi connectivity index (χ0) is 26.8. The van der Waals surface area contributed by atoms with Gasteiger partial charge in [-0.05, 0) is 81.3 Å². The number of fused-ring (bicyclic) bond motifs is 3. The Balaban J connectivity index is 1.18. The summed E-state index contributed by atoms with van der Waals surface area (Å²) >= 11 is 0. The lowest BCUT2D eigenvalue weighted by Crippen LogP contribution is -2.45. The first kappa shape index (κ1) is 25.7. The van der Waals surface area contributed by atoms with Crippen molar-refractivity contribution in [2.24, 2.45) is 11.8 Å². The number of rotatable bonds is 7. The van der Waals surface area contributed by atoms with Crippen molar-refractivity contribution in [3.05, 3.63) is 60.2 Å². The molecule has 1 saturated carbocycles. The van der Waals surface area contributed by atoms with Crippen molar-refractivity contribution >= 4 is 31.6 Å². The topological polar surface area (TPSA) is 134 Å². The van der Waals surface area contributed by atoms with Crippen LogP contribution in [0.4, 0.5) is 0 Å². The maximum atomic E-state index is 13.8. The van der Waals surface area contributed by atoms with Gasteiger partial charge in [0.2, 0.25) is 5.44 Å². The molecule has 2 aliphatic rings. The minimum absolute atomic E-state index is 0.0834. The lowest BCUT2D eigenvalue weighted by molar-refractivity contribution is 0.177. The van der Waals surface area contributed by atoms with Crippen LogP contribution in [0.2, 0.25) is 0 Å². The van der Waals surface area contributed by atoms with Gasteiger partial charge in [-0.25, -0.2) is 18.4 Å². The Bertz CT molecular complexity index is 1600. The summed E-state index contributed by atoms with van der Waals surface area (Å²) in [6.07, 6.45) is 10.6. The smallest absolute Gasteiger partial charge is 0.203 e. The Morgan fingerprint density at radius 1 is 1.05 bits per heavy atom. The van der Waals surface area contributed by atoms with Gasteiger partial charge in [0.1, 0.15) is 5.75 Å². The minimum atomic E-state index is -3.54. The van der Waals surface area contributed by atoms with Crippen LogP contribution in [0.5, 0.6) is 5.75 Å². The fraction of sp³-hybridized carbons (Fsp3) is 0.448. The number of benzene rings is 1. The highest BCUT2D eigenvalue weighted by Crippen LogP contribution is 2.40. The number of pyridine rings is 1. The van der Waals surface area contributed by atoms with Crippen molar-refractivity contribution in [2.75, 3.05) is 18.8 Å². The van der Waals surface area contributed by atoms with Crippen LogP contribution in [0.3, 0.4) is 0 Å². The fourth-order valence-corrected chi connectivity index (χ4v) is 8.51. The zero-order valence-electron chi connectivity index (χ0n) is 21.7. The van der Waals surface area contributed by atoms with Crippen molar-refractivity contribution in [1.82, 2.24) is 25.5 Å². The number of aromatic amines is 1. The molecule has 0 spiro atoms. The van der Waals surface area contributed by atoms with Gasteiger partial charge in [-0.3, -0.25) is 5.10 Å². The van der Waals surface area contributed by atoms with E-state index in [0.717, 1.165) is 72.6 Å². The number of hydrogen-bond donors (Lipinski definition) is 2. The van der Waals surface area contributed by atoms with Gasteiger partial charge in [-0.15, -0.1) is 0 Å². The average Bonchev–Trinajstić information content (AvgIpc) is 3.46. The Morgan fingerprint density at radius 3 is 2.62 bits per heavy atom. The molecule has 2 unspecified atom stereocenters. The molecule has 0 bridgehead atoms. The van der Waals surface area contributed by atoms with E-state index in [1.54, 1.807) is 36.7 Å². The molecule has 1 aromatic carbocycles. The largest absolute Gasteiger partial charge is 0.474 e. The van der Waals surface area contributed by atoms with Crippen molar-refractivity contribution in [1.29, 1.82) is 5.26 Å². The van der Waals surface area contributed by atoms with Crippen LogP contribution >= 0.6 is 0 Å². The number of aromatic nitrogens is 4. The molecule has 4 heterocycles. The Morgan fingerprint density at radius 2 is 1.87 bits per heavy atom. The molecule has 1 aliphatic heterocycles. The van der Waals surface area contributed by atoms with E-state index in [1.165, 1.54) is 0 Å². The molecule has 9 nitrogen and oxygen atoms in total. The van der Waals surface area contributed by atoms with Crippen molar-refractivity contribution in [3.8, 4) is 11.8 Å². The van der Waals surface area contributed by atoms with Crippen LogP contribution in [0, 0.1) is 23.2 Å². The first-order valence-corrected chi connectivity index (χ1v) is 15.4. The summed E-state index contributed by atoms with van der Waals surface area (Å²) in [5, 5.41) is 23.2. The lowest BCUT2D eigenvalue weighted by atomic mass is 9.80. The van der Waals surface area contributed by atoms with Crippen molar-refractivity contribution in [2.45, 2.75) is 49.9 Å². The number of nitriles is 1. The number of ether oxygens (including phenoxy) is 1. The van der Waals surface area contributed by atoms with Crippen molar-refractivity contribution < 1.29 is 13.2 Å². The van der Waals surface area contributed by atoms with E-state index in [1.807, 2.05) is 12.3 Å². The average molecular weight is 545 g/mol. The first-order valence-electron chi connectivity index (χ1n) is 13.7. The summed E-state index contributed by atoms with van der Waals surface area (Å²) in [5.74, 6) is 0.851. The Labute approximate surface area is 227 Å². The van der Waals surface area contributed by atoms with E-state index < -0.39 is 15.3 Å². The van der Waals surface area contributed by atoms with Crippen LogP contribution in [-0.2, 0) is 9.84 Å². The van der Waals surface area contributed by atoms with Gasteiger partial charge < -0.3 is 10.1 Å². The number of piperidine rings is 1. The zero-order valence-corrected chi connectivity index (χ0v) is 22.5. The molecule has 202 valence electrons. The first-order chi connectivity index (χ1) is 19.0. The predicted octanol–water partition coefficient (Wildman–Crippen LogP) is 4.47. The highest BCUT2D eigenvalue weighted by molar-refractivity contribution is 7.91. The third-order valence-corrected chi connectivity index (χ3v) is 10.4. The minimum Gasteiger partial charge on any atom is -0.474 e. The molecule has 10 heteroatoms. The Hall–Kier alpha value is -3.55. The van der Waals surface area contributed by atoms with E-state index in [0.29, 0.717) is 17.9 Å². The molecule has 39 heavy (non-hydrogen) atoms. The van der Waals surface area contributed by atoms with Gasteiger partial charge in [0, 0.05) is 52.6 Å². The van der Waals surface area contributed by atoms with E-state index >= 15 is 0 Å². The maximum absolute atomic E-state index is 13.8. The van der Waals surface area contributed by atoms with Crippen LogP contribution in [0.1, 0.15) is 55.7 Å². The van der Waals surface area contributed by atoms with Gasteiger partial charge in [0.05, 0.1) is 23.6 Å². The second kappa shape index (κ2) is 10.9. The van der Waals surface area contributed by atoms with Gasteiger partial charge in [0.15, 0.2) is 15.5 Å². The number of nitrogens with one attached hydrogen (secondary N) is 2. The summed E-state index contributed by atoms with van der Waals surface area (Å²) in [7, 11) is -3.54. The van der Waals surface area contributed by atoms with Gasteiger partial charge in [-0.2, -0.15) is 10.4 Å². The van der Waals surface area contributed by atoms with E-state index in [9.17, 15) is 8.42 Å². The highest BCUT2D eigenvalue weighted by atomic mass is 32.2. The lowest BCUT2D eigenvalue weighted by Gasteiger charge is -2.33. The van der Waals surface area contributed by atoms with Crippen molar-refractivity contribution in [3.63, 3.8) is 0 Å². The molecule has 6 rings (SSSR count). The second-order valence-corrected chi connectivity index (χ2v) is 13.0. The molecule has 1 saturated heterocycles. The van der Waals surface area contributed by atoms with Gasteiger partial charge in [-0.1, -0.05) is 0 Å². The molecule has 3 aromatic heterocycles. The molecule has 2 N–H and O–H groups in total. The van der Waals surface area contributed by atoms with E-state index in [4.69, 9.17) is 10.00 Å².